The van der Waals surface area contributed by atoms with E-state index in [9.17, 15) is 9.18 Å². The SMILES string of the molecule is C=CCOc1c(F)cc(Cl)c(Cl)c1C1CNC(=O)C1. The number of halogens is 3. The summed E-state index contributed by atoms with van der Waals surface area (Å²) in [6.07, 6.45) is 1.74. The molecule has 1 heterocycles. The Morgan fingerprint density at radius 1 is 1.58 bits per heavy atom. The van der Waals surface area contributed by atoms with Gasteiger partial charge in [-0.1, -0.05) is 35.9 Å². The molecule has 102 valence electrons. The molecule has 0 saturated carbocycles. The average Bonchev–Trinajstić information content (AvgIpc) is 2.78. The number of hydrogen-bond acceptors (Lipinski definition) is 2. The second kappa shape index (κ2) is 5.80. The second-order valence-corrected chi connectivity index (χ2v) is 4.99. The number of amides is 1. The van der Waals surface area contributed by atoms with E-state index in [0.29, 0.717) is 12.1 Å². The van der Waals surface area contributed by atoms with Crippen LogP contribution in [0.3, 0.4) is 0 Å². The third-order valence-corrected chi connectivity index (χ3v) is 3.69. The van der Waals surface area contributed by atoms with Crippen LogP contribution >= 0.6 is 23.2 Å². The first kappa shape index (κ1) is 14.2. The molecule has 0 bridgehead atoms. The van der Waals surface area contributed by atoms with Crippen LogP contribution in [0.5, 0.6) is 5.75 Å². The van der Waals surface area contributed by atoms with Gasteiger partial charge in [0.1, 0.15) is 6.61 Å². The van der Waals surface area contributed by atoms with Gasteiger partial charge in [0.2, 0.25) is 5.91 Å². The topological polar surface area (TPSA) is 38.3 Å². The molecule has 1 atom stereocenters. The molecule has 0 radical (unpaired) electrons. The van der Waals surface area contributed by atoms with E-state index in [1.165, 1.54) is 6.08 Å². The first-order chi connectivity index (χ1) is 9.04. The summed E-state index contributed by atoms with van der Waals surface area (Å²) < 4.78 is 19.3. The highest BCUT2D eigenvalue weighted by Gasteiger charge is 2.30. The second-order valence-electron chi connectivity index (χ2n) is 4.20. The summed E-state index contributed by atoms with van der Waals surface area (Å²) in [5.41, 5.74) is 0.437. The summed E-state index contributed by atoms with van der Waals surface area (Å²) in [4.78, 5) is 11.3. The molecule has 1 amide bonds. The Labute approximate surface area is 120 Å². The molecule has 19 heavy (non-hydrogen) atoms. The molecule has 1 N–H and O–H groups in total. The van der Waals surface area contributed by atoms with Gasteiger partial charge < -0.3 is 10.1 Å². The first-order valence-corrected chi connectivity index (χ1v) is 6.48. The zero-order valence-electron chi connectivity index (χ0n) is 10.0. The lowest BCUT2D eigenvalue weighted by Crippen LogP contribution is -2.14. The van der Waals surface area contributed by atoms with Crippen molar-refractivity contribution in [1.82, 2.24) is 5.32 Å². The number of rotatable bonds is 4. The largest absolute Gasteiger partial charge is 0.486 e. The monoisotopic (exact) mass is 303 g/mol. The minimum absolute atomic E-state index is 0.0378. The zero-order chi connectivity index (χ0) is 14.0. The van der Waals surface area contributed by atoms with E-state index >= 15 is 0 Å². The van der Waals surface area contributed by atoms with Crippen LogP contribution in [0.25, 0.3) is 0 Å². The van der Waals surface area contributed by atoms with Crippen LogP contribution < -0.4 is 10.1 Å². The summed E-state index contributed by atoms with van der Waals surface area (Å²) in [5.74, 6) is -0.898. The molecule has 3 nitrogen and oxygen atoms in total. The molecule has 1 aliphatic heterocycles. The molecule has 1 unspecified atom stereocenters. The van der Waals surface area contributed by atoms with Crippen molar-refractivity contribution in [2.75, 3.05) is 13.2 Å². The van der Waals surface area contributed by atoms with Gasteiger partial charge in [0.05, 0.1) is 10.0 Å². The van der Waals surface area contributed by atoms with Gasteiger partial charge >= 0.3 is 0 Å². The summed E-state index contributed by atoms with van der Waals surface area (Å²) >= 11 is 12.0. The van der Waals surface area contributed by atoms with Crippen molar-refractivity contribution in [1.29, 1.82) is 0 Å². The van der Waals surface area contributed by atoms with Crippen LogP contribution in [-0.2, 0) is 4.79 Å². The Balaban J connectivity index is 2.48. The van der Waals surface area contributed by atoms with Gasteiger partial charge in [0.25, 0.3) is 0 Å². The lowest BCUT2D eigenvalue weighted by molar-refractivity contribution is -0.119. The van der Waals surface area contributed by atoms with E-state index in [0.717, 1.165) is 6.07 Å². The van der Waals surface area contributed by atoms with Crippen molar-refractivity contribution in [2.45, 2.75) is 12.3 Å². The highest BCUT2D eigenvalue weighted by Crippen LogP contribution is 2.42. The molecule has 0 aromatic heterocycles. The summed E-state index contributed by atoms with van der Waals surface area (Å²) in [5, 5.41) is 3.01. The van der Waals surface area contributed by atoms with E-state index in [1.807, 2.05) is 0 Å². The van der Waals surface area contributed by atoms with E-state index in [4.69, 9.17) is 27.9 Å². The summed E-state index contributed by atoms with van der Waals surface area (Å²) in [7, 11) is 0. The van der Waals surface area contributed by atoms with Crippen molar-refractivity contribution in [3.8, 4) is 5.75 Å². The van der Waals surface area contributed by atoms with Crippen LogP contribution in [0.4, 0.5) is 4.39 Å². The third-order valence-electron chi connectivity index (χ3n) is 2.89. The van der Waals surface area contributed by atoms with E-state index in [1.54, 1.807) is 0 Å². The minimum atomic E-state index is -0.592. The van der Waals surface area contributed by atoms with Gasteiger partial charge in [0.15, 0.2) is 11.6 Å². The Kier molecular flexibility index (Phi) is 4.32. The van der Waals surface area contributed by atoms with Crippen molar-refractivity contribution < 1.29 is 13.9 Å². The lowest BCUT2D eigenvalue weighted by atomic mass is 9.97. The highest BCUT2D eigenvalue weighted by molar-refractivity contribution is 6.42. The number of benzene rings is 1. The van der Waals surface area contributed by atoms with Gasteiger partial charge in [-0.15, -0.1) is 0 Å². The third kappa shape index (κ3) is 2.85. The minimum Gasteiger partial charge on any atom is -0.486 e. The van der Waals surface area contributed by atoms with Crippen LogP contribution in [-0.4, -0.2) is 19.1 Å². The molecule has 0 spiro atoms. The number of ether oxygens (including phenoxy) is 1. The van der Waals surface area contributed by atoms with Gasteiger partial charge in [-0.2, -0.15) is 0 Å². The van der Waals surface area contributed by atoms with Gasteiger partial charge in [0, 0.05) is 24.4 Å². The molecule has 1 aromatic carbocycles. The first-order valence-electron chi connectivity index (χ1n) is 5.72. The fourth-order valence-corrected chi connectivity index (χ4v) is 2.55. The normalized spacial score (nSPS) is 18.3. The van der Waals surface area contributed by atoms with Crippen molar-refractivity contribution in [2.24, 2.45) is 0 Å². The highest BCUT2D eigenvalue weighted by atomic mass is 35.5. The smallest absolute Gasteiger partial charge is 0.220 e. The number of carbonyl (C=O) groups excluding carboxylic acids is 1. The zero-order valence-corrected chi connectivity index (χ0v) is 11.5. The Morgan fingerprint density at radius 3 is 2.89 bits per heavy atom. The summed E-state index contributed by atoms with van der Waals surface area (Å²) in [6, 6.07) is 1.11. The fraction of sp³-hybridized carbons (Fsp3) is 0.308. The van der Waals surface area contributed by atoms with Gasteiger partial charge in [-0.05, 0) is 6.07 Å². The quantitative estimate of drug-likeness (QED) is 0.684. The lowest BCUT2D eigenvalue weighted by Gasteiger charge is -2.17. The van der Waals surface area contributed by atoms with E-state index in [-0.39, 0.29) is 40.6 Å². The molecular formula is C13H12Cl2FNO2. The maximum Gasteiger partial charge on any atom is 0.220 e. The molecule has 1 aromatic rings. The van der Waals surface area contributed by atoms with Crippen molar-refractivity contribution in [3.05, 3.63) is 40.1 Å². The molecule has 2 rings (SSSR count). The van der Waals surface area contributed by atoms with E-state index < -0.39 is 5.82 Å². The van der Waals surface area contributed by atoms with Gasteiger partial charge in [-0.3, -0.25) is 4.79 Å². The predicted molar refractivity (Wildman–Crippen MR) is 72.5 cm³/mol. The average molecular weight is 304 g/mol. The van der Waals surface area contributed by atoms with E-state index in [2.05, 4.69) is 11.9 Å². The van der Waals surface area contributed by atoms with Gasteiger partial charge in [-0.25, -0.2) is 4.39 Å². The molecular weight excluding hydrogens is 292 g/mol. The van der Waals surface area contributed by atoms with Crippen LogP contribution in [0.2, 0.25) is 10.0 Å². The maximum absolute atomic E-state index is 14.0. The number of nitrogens with one attached hydrogen (secondary N) is 1. The van der Waals surface area contributed by atoms with Crippen molar-refractivity contribution >= 4 is 29.1 Å². The van der Waals surface area contributed by atoms with Crippen LogP contribution in [0.15, 0.2) is 18.7 Å². The molecule has 0 aliphatic carbocycles. The molecule has 6 heteroatoms. The van der Waals surface area contributed by atoms with Crippen molar-refractivity contribution in [3.63, 3.8) is 0 Å². The molecule has 1 fully saturated rings. The predicted octanol–water partition coefficient (Wildman–Crippen LogP) is 3.30. The molecule has 1 saturated heterocycles. The molecule has 1 aliphatic rings. The summed E-state index contributed by atoms with van der Waals surface area (Å²) in [6.45, 7) is 4.05. The number of hydrogen-bond donors (Lipinski definition) is 1. The van der Waals surface area contributed by atoms with Crippen LogP contribution in [0, 0.1) is 5.82 Å². The maximum atomic E-state index is 14.0. The fourth-order valence-electron chi connectivity index (χ4n) is 2.06. The number of carbonyl (C=O) groups is 1. The Hall–Kier alpha value is -1.26. The van der Waals surface area contributed by atoms with Crippen LogP contribution in [0.1, 0.15) is 17.9 Å². The standard InChI is InChI=1S/C13H12Cl2FNO2/c1-2-3-19-13-9(16)5-8(14)12(15)11(13)7-4-10(18)17-6-7/h2,5,7H,1,3-4,6H2,(H,17,18). The Bertz CT molecular complexity index is 534. The Morgan fingerprint density at radius 2 is 2.32 bits per heavy atom.